The lowest BCUT2D eigenvalue weighted by Crippen LogP contribution is -2.39. The third-order valence-corrected chi connectivity index (χ3v) is 4.60. The molecule has 0 unspecified atom stereocenters. The highest BCUT2D eigenvalue weighted by Gasteiger charge is 2.37. The molecule has 1 saturated heterocycles. The van der Waals surface area contributed by atoms with E-state index in [9.17, 15) is 0 Å². The Balaban J connectivity index is 1.71. The van der Waals surface area contributed by atoms with Crippen LogP contribution in [0.25, 0.3) is 0 Å². The van der Waals surface area contributed by atoms with Crippen LogP contribution in [0.3, 0.4) is 0 Å². The molecule has 2 heterocycles. The number of nitrogens with zero attached hydrogens (tertiary/aromatic N) is 2. The minimum Gasteiger partial charge on any atom is -0.396 e. The molecular formula is C14H21N3. The Hall–Kier alpha value is -1.25. The van der Waals surface area contributed by atoms with E-state index in [1.807, 2.05) is 18.3 Å². The summed E-state index contributed by atoms with van der Waals surface area (Å²) in [5.41, 5.74) is 7.47. The third kappa shape index (κ3) is 1.99. The minimum absolute atomic E-state index is 0.667. The second-order valence-corrected chi connectivity index (χ2v) is 5.61. The van der Waals surface area contributed by atoms with Gasteiger partial charge in [-0.1, -0.05) is 12.8 Å². The quantitative estimate of drug-likeness (QED) is 0.808. The first-order valence-electron chi connectivity index (χ1n) is 6.75. The predicted molar refractivity (Wildman–Crippen MR) is 71.0 cm³/mol. The van der Waals surface area contributed by atoms with Gasteiger partial charge >= 0.3 is 0 Å². The molecule has 2 fully saturated rings. The van der Waals surface area contributed by atoms with Crippen molar-refractivity contribution in [3.8, 4) is 0 Å². The lowest BCUT2D eigenvalue weighted by Gasteiger charge is -2.40. The highest BCUT2D eigenvalue weighted by atomic mass is 15.2. The topological polar surface area (TPSA) is 42.1 Å². The van der Waals surface area contributed by atoms with E-state index < -0.39 is 0 Å². The summed E-state index contributed by atoms with van der Waals surface area (Å²) in [7, 11) is 0. The summed E-state index contributed by atoms with van der Waals surface area (Å²) in [5.74, 6) is 0.986. The molecule has 3 nitrogen and oxygen atoms in total. The second-order valence-electron chi connectivity index (χ2n) is 5.61. The van der Waals surface area contributed by atoms with Gasteiger partial charge in [-0.05, 0) is 43.2 Å². The average molecular weight is 231 g/mol. The van der Waals surface area contributed by atoms with Gasteiger partial charge in [-0.2, -0.15) is 0 Å². The Morgan fingerprint density at radius 3 is 2.47 bits per heavy atom. The fraction of sp³-hybridized carbons (Fsp3) is 0.643. The van der Waals surface area contributed by atoms with E-state index in [1.165, 1.54) is 38.5 Å². The number of piperidine rings is 1. The van der Waals surface area contributed by atoms with Crippen LogP contribution in [0.1, 0.15) is 38.5 Å². The zero-order chi connectivity index (χ0) is 11.7. The predicted octanol–water partition coefficient (Wildman–Crippen LogP) is 2.82. The molecule has 17 heavy (non-hydrogen) atoms. The molecule has 0 aromatic carbocycles. The van der Waals surface area contributed by atoms with Crippen molar-refractivity contribution in [3.63, 3.8) is 0 Å². The number of hydrogen-bond acceptors (Lipinski definition) is 3. The Morgan fingerprint density at radius 2 is 1.82 bits per heavy atom. The van der Waals surface area contributed by atoms with Crippen LogP contribution in [0.4, 0.5) is 11.5 Å². The van der Waals surface area contributed by atoms with Gasteiger partial charge in [0.15, 0.2) is 5.82 Å². The van der Waals surface area contributed by atoms with Crippen LogP contribution >= 0.6 is 0 Å². The smallest absolute Gasteiger partial charge is 0.151 e. The largest absolute Gasteiger partial charge is 0.396 e. The summed E-state index contributed by atoms with van der Waals surface area (Å²) in [6.07, 6.45) is 10.2. The van der Waals surface area contributed by atoms with Crippen molar-refractivity contribution < 1.29 is 0 Å². The molecule has 2 N–H and O–H groups in total. The number of rotatable bonds is 1. The molecule has 0 bridgehead atoms. The molecule has 1 aliphatic heterocycles. The van der Waals surface area contributed by atoms with Gasteiger partial charge in [0.1, 0.15) is 0 Å². The van der Waals surface area contributed by atoms with E-state index in [2.05, 4.69) is 9.88 Å². The summed E-state index contributed by atoms with van der Waals surface area (Å²) in [6, 6.07) is 3.85. The van der Waals surface area contributed by atoms with E-state index in [-0.39, 0.29) is 0 Å². The Morgan fingerprint density at radius 1 is 1.12 bits per heavy atom. The van der Waals surface area contributed by atoms with Gasteiger partial charge < -0.3 is 10.6 Å². The van der Waals surface area contributed by atoms with Gasteiger partial charge in [0.25, 0.3) is 0 Å². The van der Waals surface area contributed by atoms with E-state index >= 15 is 0 Å². The van der Waals surface area contributed by atoms with E-state index in [0.29, 0.717) is 5.41 Å². The first kappa shape index (κ1) is 10.9. The molecule has 1 aromatic heterocycles. The Bertz CT molecular complexity index is 386. The molecule has 2 aliphatic rings. The minimum atomic E-state index is 0.667. The molecule has 92 valence electrons. The Kier molecular flexibility index (Phi) is 2.69. The van der Waals surface area contributed by atoms with Crippen LogP contribution in [-0.2, 0) is 0 Å². The maximum Gasteiger partial charge on any atom is 0.151 e. The molecule has 1 aliphatic carbocycles. The van der Waals surface area contributed by atoms with Gasteiger partial charge in [0, 0.05) is 19.3 Å². The average Bonchev–Trinajstić information content (AvgIpc) is 2.80. The standard InChI is InChI=1S/C14H21N3/c15-12-4-3-9-16-13(12)17-10-7-14(8-11-17)5-1-2-6-14/h3-4,9H,1-2,5-8,10-11,15H2. The van der Waals surface area contributed by atoms with Crippen LogP contribution in [0, 0.1) is 5.41 Å². The fourth-order valence-electron chi connectivity index (χ4n) is 3.49. The van der Waals surface area contributed by atoms with Gasteiger partial charge in [0.05, 0.1) is 5.69 Å². The molecule has 3 heteroatoms. The third-order valence-electron chi connectivity index (χ3n) is 4.60. The second kappa shape index (κ2) is 4.21. The van der Waals surface area contributed by atoms with Crippen LogP contribution in [0.2, 0.25) is 0 Å². The summed E-state index contributed by atoms with van der Waals surface area (Å²) in [4.78, 5) is 6.78. The fourth-order valence-corrected chi connectivity index (χ4v) is 3.49. The molecule has 0 atom stereocenters. The van der Waals surface area contributed by atoms with Crippen molar-refractivity contribution in [2.24, 2.45) is 5.41 Å². The number of nitrogen functional groups attached to an aromatic ring is 1. The summed E-state index contributed by atoms with van der Waals surface area (Å²) < 4.78 is 0. The highest BCUT2D eigenvalue weighted by Crippen LogP contribution is 2.46. The molecule has 0 radical (unpaired) electrons. The van der Waals surface area contributed by atoms with Crippen LogP contribution < -0.4 is 10.6 Å². The zero-order valence-corrected chi connectivity index (χ0v) is 10.4. The van der Waals surface area contributed by atoms with Crippen LogP contribution in [0.15, 0.2) is 18.3 Å². The number of hydrogen-bond donors (Lipinski definition) is 1. The molecule has 0 amide bonds. The van der Waals surface area contributed by atoms with Gasteiger partial charge in [-0.15, -0.1) is 0 Å². The molecule has 3 rings (SSSR count). The highest BCUT2D eigenvalue weighted by molar-refractivity contribution is 5.62. The number of nitrogens with two attached hydrogens (primary N) is 1. The summed E-state index contributed by atoms with van der Waals surface area (Å²) in [6.45, 7) is 2.25. The molecule has 1 saturated carbocycles. The maximum absolute atomic E-state index is 5.99. The van der Waals surface area contributed by atoms with E-state index in [0.717, 1.165) is 24.6 Å². The number of aromatic nitrogens is 1. The van der Waals surface area contributed by atoms with Crippen molar-refractivity contribution in [2.45, 2.75) is 38.5 Å². The summed E-state index contributed by atoms with van der Waals surface area (Å²) >= 11 is 0. The molecular weight excluding hydrogens is 210 g/mol. The number of pyridine rings is 1. The monoisotopic (exact) mass is 231 g/mol. The molecule has 1 spiro atoms. The number of anilines is 2. The van der Waals surface area contributed by atoms with Crippen molar-refractivity contribution in [1.82, 2.24) is 4.98 Å². The maximum atomic E-state index is 5.99. The first-order chi connectivity index (χ1) is 8.29. The SMILES string of the molecule is Nc1cccnc1N1CCC2(CCCC2)CC1. The summed E-state index contributed by atoms with van der Waals surface area (Å²) in [5, 5.41) is 0. The van der Waals surface area contributed by atoms with Crippen molar-refractivity contribution >= 4 is 11.5 Å². The van der Waals surface area contributed by atoms with Gasteiger partial charge in [-0.3, -0.25) is 0 Å². The van der Waals surface area contributed by atoms with E-state index in [4.69, 9.17) is 5.73 Å². The lowest BCUT2D eigenvalue weighted by molar-refractivity contribution is 0.226. The van der Waals surface area contributed by atoms with Crippen molar-refractivity contribution in [2.75, 3.05) is 23.7 Å². The van der Waals surface area contributed by atoms with Crippen molar-refractivity contribution in [3.05, 3.63) is 18.3 Å². The van der Waals surface area contributed by atoms with Crippen LogP contribution in [0.5, 0.6) is 0 Å². The Labute approximate surface area is 103 Å². The van der Waals surface area contributed by atoms with Gasteiger partial charge in [0.2, 0.25) is 0 Å². The lowest BCUT2D eigenvalue weighted by atomic mass is 9.77. The van der Waals surface area contributed by atoms with Crippen LogP contribution in [-0.4, -0.2) is 18.1 Å². The van der Waals surface area contributed by atoms with Gasteiger partial charge in [-0.25, -0.2) is 4.98 Å². The zero-order valence-electron chi connectivity index (χ0n) is 10.4. The van der Waals surface area contributed by atoms with E-state index in [1.54, 1.807) is 0 Å². The normalized spacial score (nSPS) is 23.2. The first-order valence-corrected chi connectivity index (χ1v) is 6.75. The van der Waals surface area contributed by atoms with Crippen molar-refractivity contribution in [1.29, 1.82) is 0 Å². The molecule has 1 aromatic rings.